The van der Waals surface area contributed by atoms with Crippen LogP contribution in [0, 0.1) is 0 Å². The van der Waals surface area contributed by atoms with Gasteiger partial charge in [0.15, 0.2) is 5.82 Å². The maximum Gasteiger partial charge on any atom is 0.160 e. The van der Waals surface area contributed by atoms with Crippen molar-refractivity contribution >= 4 is 32.3 Å². The Morgan fingerprint density at radius 2 is 0.947 bits per heavy atom. The Labute approximate surface area is 332 Å². The zero-order valence-electron chi connectivity index (χ0n) is 31.9. The molecule has 1 aliphatic rings. The van der Waals surface area contributed by atoms with Crippen LogP contribution in [0.4, 0.5) is 0 Å². The van der Waals surface area contributed by atoms with Gasteiger partial charge in [0.05, 0.1) is 11.4 Å². The fourth-order valence-electron chi connectivity index (χ4n) is 9.20. The van der Waals surface area contributed by atoms with Gasteiger partial charge < -0.3 is 0 Å². The van der Waals surface area contributed by atoms with E-state index in [-0.39, 0.29) is 5.41 Å². The van der Waals surface area contributed by atoms with Crippen LogP contribution in [0.1, 0.15) is 25.0 Å². The van der Waals surface area contributed by atoms with E-state index >= 15 is 0 Å². The van der Waals surface area contributed by atoms with Crippen molar-refractivity contribution in [2.45, 2.75) is 19.3 Å². The van der Waals surface area contributed by atoms with E-state index in [1.807, 2.05) is 6.07 Å². The van der Waals surface area contributed by atoms with Gasteiger partial charge in [-0.2, -0.15) is 0 Å². The summed E-state index contributed by atoms with van der Waals surface area (Å²) in [7, 11) is 0. The molecule has 0 saturated heterocycles. The molecule has 57 heavy (non-hydrogen) atoms. The quantitative estimate of drug-likeness (QED) is 0.130. The standard InChI is InChI=1S/C55H38N2/c1-55(2)49-23-13-12-20-43(49)44-30-29-39(33-50(44)55)35-24-26-37(27-25-35)51-34-52(57-54(56-51)38-15-4-3-5-16-38)45-21-10-11-22-46(45)53-42-19-9-7-17-40(42)32-48-41-18-8-6-14-36(41)28-31-47(48)53/h3-34H,1-2H3. The van der Waals surface area contributed by atoms with Crippen molar-refractivity contribution in [2.75, 3.05) is 0 Å². The van der Waals surface area contributed by atoms with Crippen molar-refractivity contribution in [3.63, 3.8) is 0 Å². The molecule has 0 radical (unpaired) electrons. The smallest absolute Gasteiger partial charge is 0.160 e. The summed E-state index contributed by atoms with van der Waals surface area (Å²) < 4.78 is 0. The van der Waals surface area contributed by atoms with Crippen LogP contribution in [0.25, 0.3) is 99.6 Å². The molecule has 9 aromatic carbocycles. The molecule has 0 unspecified atom stereocenters. The van der Waals surface area contributed by atoms with Gasteiger partial charge in [0.1, 0.15) is 0 Å². The number of nitrogens with zero attached hydrogens (tertiary/aromatic N) is 2. The van der Waals surface area contributed by atoms with Crippen LogP contribution in [0.15, 0.2) is 194 Å². The third-order valence-corrected chi connectivity index (χ3v) is 12.1. The van der Waals surface area contributed by atoms with Crippen LogP contribution in [0.2, 0.25) is 0 Å². The summed E-state index contributed by atoms with van der Waals surface area (Å²) in [6, 6.07) is 70.2. The molecule has 10 aromatic rings. The summed E-state index contributed by atoms with van der Waals surface area (Å²) in [5.41, 5.74) is 15.1. The van der Waals surface area contributed by atoms with E-state index < -0.39 is 0 Å². The summed E-state index contributed by atoms with van der Waals surface area (Å²) >= 11 is 0. The highest BCUT2D eigenvalue weighted by atomic mass is 14.9. The van der Waals surface area contributed by atoms with Gasteiger partial charge in [-0.25, -0.2) is 9.97 Å². The fourth-order valence-corrected chi connectivity index (χ4v) is 9.20. The van der Waals surface area contributed by atoms with Crippen LogP contribution in [0.5, 0.6) is 0 Å². The Balaban J connectivity index is 1.06. The number of hydrogen-bond donors (Lipinski definition) is 0. The molecule has 0 bridgehead atoms. The second-order valence-electron chi connectivity index (χ2n) is 15.7. The molecule has 0 saturated carbocycles. The van der Waals surface area contributed by atoms with Gasteiger partial charge in [0, 0.05) is 22.1 Å². The van der Waals surface area contributed by atoms with E-state index in [9.17, 15) is 0 Å². The Bertz CT molecular complexity index is 3190. The van der Waals surface area contributed by atoms with Crippen LogP contribution < -0.4 is 0 Å². The van der Waals surface area contributed by atoms with E-state index in [1.54, 1.807) is 0 Å². The van der Waals surface area contributed by atoms with Crippen LogP contribution >= 0.6 is 0 Å². The van der Waals surface area contributed by atoms with E-state index in [0.717, 1.165) is 33.6 Å². The van der Waals surface area contributed by atoms with E-state index in [4.69, 9.17) is 9.97 Å². The lowest BCUT2D eigenvalue weighted by atomic mass is 9.81. The zero-order valence-corrected chi connectivity index (χ0v) is 31.9. The zero-order chi connectivity index (χ0) is 38.1. The first-order valence-corrected chi connectivity index (χ1v) is 19.7. The molecule has 1 heterocycles. The van der Waals surface area contributed by atoms with Crippen LogP contribution in [0.3, 0.4) is 0 Å². The predicted octanol–water partition coefficient (Wildman–Crippen LogP) is 14.6. The van der Waals surface area contributed by atoms with Crippen molar-refractivity contribution < 1.29 is 0 Å². The molecular weight excluding hydrogens is 689 g/mol. The van der Waals surface area contributed by atoms with Crippen LogP contribution in [-0.4, -0.2) is 9.97 Å². The molecular formula is C55H38N2. The lowest BCUT2D eigenvalue weighted by molar-refractivity contribution is 0.660. The summed E-state index contributed by atoms with van der Waals surface area (Å²) in [5, 5.41) is 7.42. The van der Waals surface area contributed by atoms with Gasteiger partial charge in [-0.15, -0.1) is 0 Å². The first-order chi connectivity index (χ1) is 28.0. The monoisotopic (exact) mass is 726 g/mol. The average Bonchev–Trinajstić information content (AvgIpc) is 3.51. The fraction of sp³-hybridized carbons (Fsp3) is 0.0545. The third-order valence-electron chi connectivity index (χ3n) is 12.1. The highest BCUT2D eigenvalue weighted by Gasteiger charge is 2.35. The van der Waals surface area contributed by atoms with Crippen molar-refractivity contribution in [3.05, 3.63) is 205 Å². The Kier molecular flexibility index (Phi) is 7.55. The molecule has 0 N–H and O–H groups in total. The summed E-state index contributed by atoms with van der Waals surface area (Å²) in [4.78, 5) is 10.5. The second-order valence-corrected chi connectivity index (χ2v) is 15.7. The minimum absolute atomic E-state index is 0.0462. The summed E-state index contributed by atoms with van der Waals surface area (Å²) in [5.74, 6) is 0.705. The molecule has 0 fully saturated rings. The molecule has 0 spiro atoms. The average molecular weight is 727 g/mol. The summed E-state index contributed by atoms with van der Waals surface area (Å²) in [6.07, 6.45) is 0. The van der Waals surface area contributed by atoms with Crippen molar-refractivity contribution in [1.29, 1.82) is 0 Å². The first-order valence-electron chi connectivity index (χ1n) is 19.7. The van der Waals surface area contributed by atoms with Crippen molar-refractivity contribution in [3.8, 4) is 67.3 Å². The molecule has 1 aromatic heterocycles. The van der Waals surface area contributed by atoms with Gasteiger partial charge in [-0.05, 0) is 95.0 Å². The second kappa shape index (κ2) is 13.0. The molecule has 11 rings (SSSR count). The van der Waals surface area contributed by atoms with Gasteiger partial charge >= 0.3 is 0 Å². The number of benzene rings is 9. The molecule has 2 nitrogen and oxygen atoms in total. The lowest BCUT2D eigenvalue weighted by Gasteiger charge is -2.22. The first kappa shape index (κ1) is 33.2. The highest BCUT2D eigenvalue weighted by molar-refractivity contribution is 6.21. The van der Waals surface area contributed by atoms with Gasteiger partial charge in [-0.3, -0.25) is 0 Å². The normalized spacial score (nSPS) is 12.9. The van der Waals surface area contributed by atoms with E-state index in [0.29, 0.717) is 5.82 Å². The van der Waals surface area contributed by atoms with E-state index in [2.05, 4.69) is 202 Å². The Hall–Kier alpha value is -7.16. The largest absolute Gasteiger partial charge is 0.228 e. The number of hydrogen-bond acceptors (Lipinski definition) is 2. The molecule has 1 aliphatic carbocycles. The summed E-state index contributed by atoms with van der Waals surface area (Å²) in [6.45, 7) is 4.68. The minimum Gasteiger partial charge on any atom is -0.228 e. The Morgan fingerprint density at radius 3 is 1.77 bits per heavy atom. The third kappa shape index (κ3) is 5.40. The number of rotatable bonds is 5. The molecule has 268 valence electrons. The maximum atomic E-state index is 5.31. The van der Waals surface area contributed by atoms with Gasteiger partial charge in [0.25, 0.3) is 0 Å². The minimum atomic E-state index is -0.0462. The van der Waals surface area contributed by atoms with Crippen molar-refractivity contribution in [1.82, 2.24) is 9.97 Å². The van der Waals surface area contributed by atoms with Crippen molar-refractivity contribution in [2.24, 2.45) is 0 Å². The van der Waals surface area contributed by atoms with Gasteiger partial charge in [-0.1, -0.05) is 190 Å². The molecule has 0 atom stereocenters. The molecule has 2 heteroatoms. The SMILES string of the molecule is CC1(C)c2ccccc2-c2ccc(-c3ccc(-c4cc(-c5ccccc5-c5c6ccccc6cc6c5ccc5ccccc56)nc(-c5ccccc5)n4)cc3)cc21. The van der Waals surface area contributed by atoms with Gasteiger partial charge in [0.2, 0.25) is 0 Å². The molecule has 0 aliphatic heterocycles. The lowest BCUT2D eigenvalue weighted by Crippen LogP contribution is -2.14. The molecule has 0 amide bonds. The van der Waals surface area contributed by atoms with Crippen LogP contribution in [-0.2, 0) is 5.41 Å². The number of aromatic nitrogens is 2. The highest BCUT2D eigenvalue weighted by Crippen LogP contribution is 2.50. The number of fused-ring (bicyclic) bond motifs is 7. The topological polar surface area (TPSA) is 25.8 Å². The Morgan fingerprint density at radius 1 is 0.333 bits per heavy atom. The predicted molar refractivity (Wildman–Crippen MR) is 239 cm³/mol. The maximum absolute atomic E-state index is 5.31. The van der Waals surface area contributed by atoms with E-state index in [1.165, 1.54) is 71.3 Å².